The minimum Gasteiger partial charge on any atom is -0.658 e. The van der Waals surface area contributed by atoms with Crippen molar-refractivity contribution in [3.05, 3.63) is 54.2 Å². The van der Waals surface area contributed by atoms with Crippen molar-refractivity contribution in [2.75, 3.05) is 43.9 Å². The van der Waals surface area contributed by atoms with Crippen molar-refractivity contribution in [3.8, 4) is 0 Å². The second-order valence-corrected chi connectivity index (χ2v) is 7.02. The van der Waals surface area contributed by atoms with Gasteiger partial charge in [0.1, 0.15) is 0 Å². The van der Waals surface area contributed by atoms with E-state index in [2.05, 4.69) is 39.5 Å². The monoisotopic (exact) mass is 454 g/mol. The predicted molar refractivity (Wildman–Crippen MR) is 121 cm³/mol. The maximum absolute atomic E-state index is 7.55. The fourth-order valence-corrected chi connectivity index (χ4v) is 3.45. The first-order chi connectivity index (χ1) is 13.6. The van der Waals surface area contributed by atoms with Gasteiger partial charge in [0.05, 0.1) is 11.4 Å². The summed E-state index contributed by atoms with van der Waals surface area (Å²) in [5.74, 6) is 0.557. The van der Waals surface area contributed by atoms with Gasteiger partial charge in [-0.25, -0.2) is 0 Å². The molecule has 1 unspecified atom stereocenters. The van der Waals surface area contributed by atoms with Crippen LogP contribution in [-0.2, 0) is 0 Å². The Kier molecular flexibility index (Phi) is 13.8. The Hall–Kier alpha value is 0.413. The van der Waals surface area contributed by atoms with Crippen LogP contribution in [0.15, 0.2) is 41.4 Å². The molecule has 2 aromatic rings. The van der Waals surface area contributed by atoms with Gasteiger partial charge >= 0.3 is 103 Å². The van der Waals surface area contributed by atoms with Crippen LogP contribution < -0.4 is 113 Å². The molecule has 1 fully saturated rings. The molecular weight excluding hydrogens is 426 g/mol. The quantitative estimate of drug-likeness (QED) is 0.258. The van der Waals surface area contributed by atoms with Crippen LogP contribution in [0.25, 0.3) is 5.32 Å². The molecule has 1 saturated heterocycles. The number of anilines is 2. The van der Waals surface area contributed by atoms with Gasteiger partial charge in [-0.3, -0.25) is 4.99 Å². The second kappa shape index (κ2) is 14.5. The van der Waals surface area contributed by atoms with Crippen LogP contribution in [0.5, 0.6) is 0 Å². The summed E-state index contributed by atoms with van der Waals surface area (Å²) in [5.41, 5.74) is 5.06. The van der Waals surface area contributed by atoms with Crippen molar-refractivity contribution >= 4 is 41.4 Å². The molecule has 6 nitrogen and oxygen atoms in total. The zero-order chi connectivity index (χ0) is 19.9. The minimum atomic E-state index is 0. The maximum Gasteiger partial charge on any atom is 1.00 e. The van der Waals surface area contributed by atoms with Crippen molar-refractivity contribution in [3.63, 3.8) is 0 Å². The van der Waals surface area contributed by atoms with Crippen molar-refractivity contribution in [2.24, 2.45) is 10.9 Å². The van der Waals surface area contributed by atoms with Crippen LogP contribution in [0, 0.1) is 18.3 Å². The van der Waals surface area contributed by atoms with Crippen LogP contribution in [0.1, 0.15) is 12.0 Å². The Bertz CT molecular complexity index is 842. The van der Waals surface area contributed by atoms with Gasteiger partial charge in [0.25, 0.3) is 0 Å². The number of likely N-dealkylation sites (tertiary alicyclic amines) is 1. The molecule has 0 spiro atoms. The predicted octanol–water partition coefficient (Wildman–Crippen LogP) is -1.03. The van der Waals surface area contributed by atoms with Crippen LogP contribution >= 0.6 is 0 Å². The van der Waals surface area contributed by atoms with E-state index < -0.39 is 0 Å². The van der Waals surface area contributed by atoms with E-state index in [1.165, 1.54) is 12.6 Å². The molecule has 3 rings (SSSR count). The summed E-state index contributed by atoms with van der Waals surface area (Å²) in [6.07, 6.45) is 2.51. The van der Waals surface area contributed by atoms with Gasteiger partial charge in [-0.15, -0.1) is 11.4 Å². The molecule has 1 atom stereocenters. The van der Waals surface area contributed by atoms with Crippen molar-refractivity contribution in [1.29, 1.82) is 5.41 Å². The zero-order valence-electron chi connectivity index (χ0n) is 18.4. The third kappa shape index (κ3) is 8.08. The molecule has 0 saturated carbocycles. The van der Waals surface area contributed by atoms with Crippen LogP contribution in [0.2, 0.25) is 0 Å². The molecule has 0 aliphatic carbocycles. The van der Waals surface area contributed by atoms with Crippen LogP contribution in [0.4, 0.5) is 28.4 Å². The van der Waals surface area contributed by atoms with E-state index in [0.717, 1.165) is 60.2 Å². The maximum atomic E-state index is 7.55. The van der Waals surface area contributed by atoms with E-state index in [1.807, 2.05) is 43.4 Å². The van der Waals surface area contributed by atoms with Crippen molar-refractivity contribution < 1.29 is 103 Å². The minimum absolute atomic E-state index is 0. The van der Waals surface area contributed by atoms with Gasteiger partial charge in [0, 0.05) is 37.6 Å². The number of aliphatic imine (C=N–C) groups is 1. The Labute approximate surface area is 265 Å². The smallest absolute Gasteiger partial charge is 0.658 e. The number of hydrogen-bond donors (Lipinski definition) is 3. The van der Waals surface area contributed by atoms with Gasteiger partial charge in [0.15, 0.2) is 0 Å². The number of rotatable bonds is 9. The normalized spacial score (nSPS) is 15.5. The van der Waals surface area contributed by atoms with Gasteiger partial charge in [-0.1, -0.05) is 24.6 Å². The third-order valence-corrected chi connectivity index (χ3v) is 4.98. The molecule has 0 radical (unpaired) electrons. The average Bonchev–Trinajstić information content (AvgIpc) is 3.13. The summed E-state index contributed by atoms with van der Waals surface area (Å²) in [7, 11) is 1.84. The van der Waals surface area contributed by atoms with Crippen molar-refractivity contribution in [1.82, 2.24) is 4.90 Å². The number of benzene rings is 2. The van der Waals surface area contributed by atoms with Gasteiger partial charge < -0.3 is 33.2 Å². The summed E-state index contributed by atoms with van der Waals surface area (Å²) in [6.45, 7) is 11.9. The summed E-state index contributed by atoms with van der Waals surface area (Å²) in [6, 6.07) is 11.6. The second-order valence-electron chi connectivity index (χ2n) is 7.02. The molecule has 148 valence electrons. The molecular formula is C22H28K2N6. The Balaban J connectivity index is 0.00000225. The molecule has 3 N–H and O–H groups in total. The fourth-order valence-electron chi connectivity index (χ4n) is 3.45. The molecule has 0 aromatic heterocycles. The van der Waals surface area contributed by atoms with E-state index in [1.54, 1.807) is 0 Å². The summed E-state index contributed by atoms with van der Waals surface area (Å²) in [4.78, 5) is 6.59. The third-order valence-electron chi connectivity index (χ3n) is 4.98. The SMILES string of the molecule is C=Nc1cc([N-]c2ccc(NC)c(C=N)c2)ccc1NCCN1CCC([CH2-])C1.[K+].[K+]. The Morgan fingerprint density at radius 1 is 1.23 bits per heavy atom. The molecule has 30 heavy (non-hydrogen) atoms. The first-order valence-corrected chi connectivity index (χ1v) is 9.57. The van der Waals surface area contributed by atoms with Crippen molar-refractivity contribution in [2.45, 2.75) is 6.42 Å². The molecule has 0 amide bonds. The van der Waals surface area contributed by atoms with Crippen LogP contribution in [0.3, 0.4) is 0 Å². The Morgan fingerprint density at radius 3 is 2.53 bits per heavy atom. The van der Waals surface area contributed by atoms with Gasteiger partial charge in [-0.05, 0) is 38.0 Å². The van der Waals surface area contributed by atoms with Crippen LogP contribution in [-0.4, -0.2) is 51.1 Å². The van der Waals surface area contributed by atoms with Gasteiger partial charge in [-0.2, -0.15) is 5.92 Å². The molecule has 1 aliphatic heterocycles. The van der Waals surface area contributed by atoms with E-state index in [0.29, 0.717) is 5.92 Å². The molecule has 1 aliphatic rings. The molecule has 2 aromatic carbocycles. The largest absolute Gasteiger partial charge is 1.00 e. The van der Waals surface area contributed by atoms with E-state index in [4.69, 9.17) is 5.41 Å². The molecule has 8 heteroatoms. The molecule has 1 heterocycles. The van der Waals surface area contributed by atoms with E-state index in [-0.39, 0.29) is 103 Å². The Morgan fingerprint density at radius 2 is 1.93 bits per heavy atom. The summed E-state index contributed by atoms with van der Waals surface area (Å²) in [5, 5.41) is 18.7. The standard InChI is InChI=1S/C22H28N6.2K/c1-16-8-10-28(15-16)11-9-26-21-7-5-19(13-22(21)25-3)27-18-4-6-20(24-2)17(12-18)14-23;;/h4-7,12-14,16,23-24,26H,1,3,8-11,15H2,2H3;;/q-2;2*+1. The fraction of sp³-hybridized carbons (Fsp3) is 0.318. The van der Waals surface area contributed by atoms with E-state index in [9.17, 15) is 0 Å². The van der Waals surface area contributed by atoms with Gasteiger partial charge in [0.2, 0.25) is 0 Å². The van der Waals surface area contributed by atoms with E-state index >= 15 is 0 Å². The number of nitrogens with one attached hydrogen (secondary N) is 3. The topological polar surface area (TPSA) is 77.6 Å². The zero-order valence-corrected chi connectivity index (χ0v) is 24.7. The first kappa shape index (κ1) is 28.4. The number of hydrogen-bond acceptors (Lipinski definition) is 5. The first-order valence-electron chi connectivity index (χ1n) is 9.57. The summed E-state index contributed by atoms with van der Waals surface area (Å²) >= 11 is 0. The molecule has 0 bridgehead atoms. The average molecular weight is 455 g/mol. The number of nitrogens with zero attached hydrogens (tertiary/aromatic N) is 3. The summed E-state index contributed by atoms with van der Waals surface area (Å²) < 4.78 is 0.